The molecule has 3 rings (SSSR count). The molecule has 0 atom stereocenters. The van der Waals surface area contributed by atoms with Crippen LogP contribution in [0.5, 0.6) is 0 Å². The number of hydrogen-bond acceptors (Lipinski definition) is 7. The van der Waals surface area contributed by atoms with Crippen LogP contribution in [0, 0.1) is 17.0 Å². The first-order valence-corrected chi connectivity index (χ1v) is 9.58. The van der Waals surface area contributed by atoms with Gasteiger partial charge in [0.2, 0.25) is 5.16 Å². The van der Waals surface area contributed by atoms with Gasteiger partial charge in [0.15, 0.2) is 0 Å². The van der Waals surface area contributed by atoms with E-state index in [1.807, 2.05) is 6.92 Å². The molecule has 0 spiro atoms. The van der Waals surface area contributed by atoms with Gasteiger partial charge in [-0.3, -0.25) is 15.2 Å². The summed E-state index contributed by atoms with van der Waals surface area (Å²) in [6, 6.07) is 8.02. The highest BCUT2D eigenvalue weighted by atomic mass is 32.2. The van der Waals surface area contributed by atoms with Crippen LogP contribution in [0.15, 0.2) is 44.8 Å². The molecule has 2 heterocycles. The molecular formula is C19H18N4O5S. The molecule has 0 aliphatic rings. The molecule has 2 N–H and O–H groups in total. The standard InChI is InChI=1S/C19H18N4O5S/c1-3-4-17-20-19(22-21-17)29-16(18(24)25)10-13-7-8-15(28-13)12-6-5-11(2)14(9-12)23(26)27/h5-10H,3-4H2,1-2H3,(H,24,25)(H,20,21,22)/b16-10-. The zero-order chi connectivity index (χ0) is 21.0. The number of aromatic nitrogens is 3. The third-order valence-corrected chi connectivity index (χ3v) is 4.88. The van der Waals surface area contributed by atoms with E-state index in [1.54, 1.807) is 31.2 Å². The third-order valence-electron chi connectivity index (χ3n) is 4.00. The molecule has 0 fully saturated rings. The van der Waals surface area contributed by atoms with Crippen molar-refractivity contribution in [1.82, 2.24) is 15.2 Å². The number of benzene rings is 1. The van der Waals surface area contributed by atoms with Crippen molar-refractivity contribution in [3.05, 3.63) is 62.5 Å². The monoisotopic (exact) mass is 414 g/mol. The molecule has 10 heteroatoms. The van der Waals surface area contributed by atoms with Gasteiger partial charge in [0.05, 0.1) is 4.92 Å². The average molecular weight is 414 g/mol. The zero-order valence-corrected chi connectivity index (χ0v) is 16.5. The van der Waals surface area contributed by atoms with Gasteiger partial charge in [-0.1, -0.05) is 19.1 Å². The lowest BCUT2D eigenvalue weighted by atomic mass is 10.1. The van der Waals surface area contributed by atoms with Crippen LogP contribution in [0.25, 0.3) is 17.4 Å². The van der Waals surface area contributed by atoms with E-state index in [0.29, 0.717) is 33.6 Å². The van der Waals surface area contributed by atoms with E-state index in [0.717, 1.165) is 24.6 Å². The maximum absolute atomic E-state index is 11.6. The first-order valence-electron chi connectivity index (χ1n) is 8.76. The predicted octanol–water partition coefficient (Wildman–Crippen LogP) is 4.45. The maximum Gasteiger partial charge on any atom is 0.342 e. The Hall–Kier alpha value is -3.40. The van der Waals surface area contributed by atoms with Crippen LogP contribution in [-0.4, -0.2) is 31.2 Å². The number of nitrogens with zero attached hydrogens (tertiary/aromatic N) is 3. The van der Waals surface area contributed by atoms with Gasteiger partial charge < -0.3 is 9.52 Å². The van der Waals surface area contributed by atoms with Crippen molar-refractivity contribution in [1.29, 1.82) is 0 Å². The molecule has 0 aliphatic heterocycles. The summed E-state index contributed by atoms with van der Waals surface area (Å²) in [5, 5.41) is 27.7. The highest BCUT2D eigenvalue weighted by molar-refractivity contribution is 8.04. The quantitative estimate of drug-likeness (QED) is 0.239. The smallest absolute Gasteiger partial charge is 0.342 e. The Morgan fingerprint density at radius 3 is 2.86 bits per heavy atom. The number of aromatic amines is 1. The van der Waals surface area contributed by atoms with Crippen LogP contribution >= 0.6 is 11.8 Å². The van der Waals surface area contributed by atoms with Gasteiger partial charge in [-0.2, -0.15) is 0 Å². The molecule has 0 radical (unpaired) electrons. The molecule has 9 nitrogen and oxygen atoms in total. The average Bonchev–Trinajstić information content (AvgIpc) is 3.31. The summed E-state index contributed by atoms with van der Waals surface area (Å²) in [7, 11) is 0. The topological polar surface area (TPSA) is 135 Å². The molecule has 1 aromatic carbocycles. The van der Waals surface area contributed by atoms with Crippen molar-refractivity contribution in [3.8, 4) is 11.3 Å². The van der Waals surface area contributed by atoms with Gasteiger partial charge in [0.25, 0.3) is 5.69 Å². The Labute approximate surface area is 170 Å². The second-order valence-electron chi connectivity index (χ2n) is 6.19. The number of aryl methyl sites for hydroxylation is 2. The minimum atomic E-state index is -1.14. The van der Waals surface area contributed by atoms with Crippen molar-refractivity contribution in [2.45, 2.75) is 31.8 Å². The molecule has 29 heavy (non-hydrogen) atoms. The van der Waals surface area contributed by atoms with Crippen molar-refractivity contribution >= 4 is 29.5 Å². The van der Waals surface area contributed by atoms with Gasteiger partial charge in [-0.05, 0) is 37.2 Å². The number of carboxylic acid groups (broad SMARTS) is 1. The highest BCUT2D eigenvalue weighted by Gasteiger charge is 2.16. The zero-order valence-electron chi connectivity index (χ0n) is 15.7. The van der Waals surface area contributed by atoms with Crippen LogP contribution in [0.4, 0.5) is 5.69 Å². The van der Waals surface area contributed by atoms with Crippen molar-refractivity contribution < 1.29 is 19.2 Å². The van der Waals surface area contributed by atoms with Crippen LogP contribution in [0.3, 0.4) is 0 Å². The fourth-order valence-electron chi connectivity index (χ4n) is 2.58. The van der Waals surface area contributed by atoms with Crippen molar-refractivity contribution in [3.63, 3.8) is 0 Å². The Morgan fingerprint density at radius 2 is 2.17 bits per heavy atom. The van der Waals surface area contributed by atoms with Crippen LogP contribution in [0.2, 0.25) is 0 Å². The number of carboxylic acids is 1. The van der Waals surface area contributed by atoms with Gasteiger partial charge in [0, 0.05) is 29.7 Å². The van der Waals surface area contributed by atoms with Gasteiger partial charge >= 0.3 is 5.97 Å². The molecule has 0 amide bonds. The number of carbonyl (C=O) groups is 1. The van der Waals surface area contributed by atoms with E-state index < -0.39 is 10.9 Å². The molecule has 0 saturated heterocycles. The van der Waals surface area contributed by atoms with Crippen LogP contribution < -0.4 is 0 Å². The van der Waals surface area contributed by atoms with E-state index in [-0.39, 0.29) is 10.6 Å². The second kappa shape index (κ2) is 8.74. The Bertz CT molecular complexity index is 1090. The summed E-state index contributed by atoms with van der Waals surface area (Å²) in [5.74, 6) is 0.261. The Balaban J connectivity index is 1.85. The number of nitro benzene ring substituents is 1. The summed E-state index contributed by atoms with van der Waals surface area (Å²) in [5.41, 5.74) is 1.07. The number of rotatable bonds is 8. The van der Waals surface area contributed by atoms with E-state index in [1.165, 1.54) is 12.1 Å². The number of nitrogens with one attached hydrogen (secondary N) is 1. The minimum Gasteiger partial charge on any atom is -0.477 e. The molecule has 2 aromatic heterocycles. The van der Waals surface area contributed by atoms with E-state index in [9.17, 15) is 20.0 Å². The molecule has 0 saturated carbocycles. The number of aliphatic carboxylic acids is 1. The largest absolute Gasteiger partial charge is 0.477 e. The molecule has 0 aliphatic carbocycles. The van der Waals surface area contributed by atoms with E-state index in [2.05, 4.69) is 15.2 Å². The maximum atomic E-state index is 11.6. The molecule has 3 aromatic rings. The lowest BCUT2D eigenvalue weighted by molar-refractivity contribution is -0.385. The van der Waals surface area contributed by atoms with Crippen LogP contribution in [-0.2, 0) is 11.2 Å². The molecule has 0 unspecified atom stereocenters. The van der Waals surface area contributed by atoms with E-state index >= 15 is 0 Å². The fourth-order valence-corrected chi connectivity index (χ4v) is 3.29. The Kier molecular flexibility index (Phi) is 6.13. The number of nitro groups is 1. The first kappa shape index (κ1) is 20.3. The summed E-state index contributed by atoms with van der Waals surface area (Å²) < 4.78 is 5.68. The van der Waals surface area contributed by atoms with Gasteiger partial charge in [-0.25, -0.2) is 9.78 Å². The van der Waals surface area contributed by atoms with Crippen molar-refractivity contribution in [2.24, 2.45) is 0 Å². The normalized spacial score (nSPS) is 11.6. The summed E-state index contributed by atoms with van der Waals surface area (Å²) >= 11 is 0.911. The third kappa shape index (κ3) is 4.91. The number of H-pyrrole nitrogens is 1. The minimum absolute atomic E-state index is 0.00902. The SMILES string of the molecule is CCCc1nc(S/C(=C\c2ccc(-c3ccc(C)c([N+](=O)[O-])c3)o2)C(=O)O)n[nH]1. The van der Waals surface area contributed by atoms with Gasteiger partial charge in [0.1, 0.15) is 22.3 Å². The number of hydrogen-bond donors (Lipinski definition) is 2. The first-order chi connectivity index (χ1) is 13.9. The summed E-state index contributed by atoms with van der Waals surface area (Å²) in [4.78, 5) is 26.5. The molecule has 0 bridgehead atoms. The summed E-state index contributed by atoms with van der Waals surface area (Å²) in [6.07, 6.45) is 2.99. The Morgan fingerprint density at radius 1 is 1.38 bits per heavy atom. The van der Waals surface area contributed by atoms with Crippen LogP contribution in [0.1, 0.15) is 30.5 Å². The second-order valence-corrected chi connectivity index (χ2v) is 7.20. The number of thioether (sulfide) groups is 1. The number of furan rings is 1. The molecular weight excluding hydrogens is 396 g/mol. The fraction of sp³-hybridized carbons (Fsp3) is 0.211. The summed E-state index contributed by atoms with van der Waals surface area (Å²) in [6.45, 7) is 3.67. The lowest BCUT2D eigenvalue weighted by Crippen LogP contribution is -1.97. The van der Waals surface area contributed by atoms with Crippen molar-refractivity contribution in [2.75, 3.05) is 0 Å². The van der Waals surface area contributed by atoms with E-state index in [4.69, 9.17) is 4.42 Å². The predicted molar refractivity (Wildman–Crippen MR) is 107 cm³/mol. The molecule has 150 valence electrons. The van der Waals surface area contributed by atoms with Gasteiger partial charge in [-0.15, -0.1) is 5.10 Å². The lowest BCUT2D eigenvalue weighted by Gasteiger charge is -2.01. The highest BCUT2D eigenvalue weighted by Crippen LogP contribution is 2.31.